The SMILES string of the molecule is Cc1ncc(-c2cnc3[nH]ccc3c2NC2CCCNC2)s1. The smallest absolute Gasteiger partial charge is 0.139 e. The van der Waals surface area contributed by atoms with Crippen molar-refractivity contribution in [1.29, 1.82) is 0 Å². The number of rotatable bonds is 3. The molecule has 3 aromatic heterocycles. The van der Waals surface area contributed by atoms with Crippen LogP contribution in [-0.2, 0) is 0 Å². The van der Waals surface area contributed by atoms with Crippen LogP contribution in [0.15, 0.2) is 24.7 Å². The van der Waals surface area contributed by atoms with Crippen LogP contribution in [0.25, 0.3) is 21.5 Å². The summed E-state index contributed by atoms with van der Waals surface area (Å²) in [5.41, 5.74) is 3.24. The van der Waals surface area contributed by atoms with Gasteiger partial charge in [-0.1, -0.05) is 0 Å². The molecule has 1 unspecified atom stereocenters. The summed E-state index contributed by atoms with van der Waals surface area (Å²) in [5.74, 6) is 0. The van der Waals surface area contributed by atoms with Gasteiger partial charge in [-0.2, -0.15) is 0 Å². The van der Waals surface area contributed by atoms with Crippen LogP contribution in [0, 0.1) is 6.92 Å². The molecule has 0 amide bonds. The summed E-state index contributed by atoms with van der Waals surface area (Å²) in [6.07, 6.45) is 8.25. The molecule has 3 N–H and O–H groups in total. The number of piperidine rings is 1. The third kappa shape index (κ3) is 2.48. The summed E-state index contributed by atoms with van der Waals surface area (Å²) < 4.78 is 0. The van der Waals surface area contributed by atoms with Gasteiger partial charge in [-0.15, -0.1) is 11.3 Å². The van der Waals surface area contributed by atoms with Gasteiger partial charge in [-0.05, 0) is 32.4 Å². The Balaban J connectivity index is 1.79. The zero-order valence-corrected chi connectivity index (χ0v) is 13.3. The molecule has 22 heavy (non-hydrogen) atoms. The summed E-state index contributed by atoms with van der Waals surface area (Å²) >= 11 is 1.71. The van der Waals surface area contributed by atoms with E-state index in [-0.39, 0.29) is 0 Å². The second kappa shape index (κ2) is 5.70. The predicted octanol–water partition coefficient (Wildman–Crippen LogP) is 3.16. The largest absolute Gasteiger partial charge is 0.380 e. The fraction of sp³-hybridized carbons (Fsp3) is 0.375. The van der Waals surface area contributed by atoms with Crippen LogP contribution in [0.1, 0.15) is 17.8 Å². The molecular weight excluding hydrogens is 294 g/mol. The molecule has 0 aromatic carbocycles. The van der Waals surface area contributed by atoms with Crippen LogP contribution in [0.5, 0.6) is 0 Å². The van der Waals surface area contributed by atoms with Crippen molar-refractivity contribution in [2.45, 2.75) is 25.8 Å². The maximum atomic E-state index is 4.55. The van der Waals surface area contributed by atoms with E-state index in [0.29, 0.717) is 6.04 Å². The number of aromatic nitrogens is 3. The van der Waals surface area contributed by atoms with E-state index in [9.17, 15) is 0 Å². The molecule has 4 rings (SSSR count). The van der Waals surface area contributed by atoms with Crippen molar-refractivity contribution in [3.63, 3.8) is 0 Å². The maximum absolute atomic E-state index is 4.55. The fourth-order valence-corrected chi connectivity index (χ4v) is 3.81. The third-order valence-corrected chi connectivity index (χ3v) is 5.06. The van der Waals surface area contributed by atoms with Gasteiger partial charge in [0, 0.05) is 42.1 Å². The molecule has 114 valence electrons. The standard InChI is InChI=1S/C16H19N5S/c1-10-19-9-14(22-10)13-8-20-16-12(4-6-18-16)15(13)21-11-3-2-5-17-7-11/h4,6,8-9,11,17H,2-3,5,7H2,1H3,(H2,18,20,21). The lowest BCUT2D eigenvalue weighted by Gasteiger charge is -2.26. The van der Waals surface area contributed by atoms with Gasteiger partial charge in [0.1, 0.15) is 5.65 Å². The Morgan fingerprint density at radius 3 is 3.05 bits per heavy atom. The van der Waals surface area contributed by atoms with Crippen molar-refractivity contribution < 1.29 is 0 Å². The number of aromatic amines is 1. The molecule has 1 aliphatic rings. The molecule has 4 heterocycles. The average molecular weight is 313 g/mol. The van der Waals surface area contributed by atoms with Gasteiger partial charge in [0.2, 0.25) is 0 Å². The van der Waals surface area contributed by atoms with E-state index in [0.717, 1.165) is 34.7 Å². The first-order valence-electron chi connectivity index (χ1n) is 7.67. The quantitative estimate of drug-likeness (QED) is 0.695. The number of hydrogen-bond acceptors (Lipinski definition) is 5. The number of nitrogens with one attached hydrogen (secondary N) is 3. The second-order valence-corrected chi connectivity index (χ2v) is 6.95. The van der Waals surface area contributed by atoms with Gasteiger partial charge in [0.15, 0.2) is 0 Å². The lowest BCUT2D eigenvalue weighted by atomic mass is 10.1. The van der Waals surface area contributed by atoms with E-state index in [1.165, 1.54) is 23.4 Å². The van der Waals surface area contributed by atoms with Crippen LogP contribution in [0.3, 0.4) is 0 Å². The average Bonchev–Trinajstić information content (AvgIpc) is 3.17. The fourth-order valence-electron chi connectivity index (χ4n) is 3.02. The molecule has 5 nitrogen and oxygen atoms in total. The highest BCUT2D eigenvalue weighted by Crippen LogP contribution is 2.36. The molecular formula is C16H19N5S. The summed E-state index contributed by atoms with van der Waals surface area (Å²) in [4.78, 5) is 13.3. The number of hydrogen-bond donors (Lipinski definition) is 3. The number of fused-ring (bicyclic) bond motifs is 1. The minimum absolute atomic E-state index is 0.460. The third-order valence-electron chi connectivity index (χ3n) is 4.12. The van der Waals surface area contributed by atoms with Gasteiger partial charge >= 0.3 is 0 Å². The zero-order valence-electron chi connectivity index (χ0n) is 12.5. The van der Waals surface area contributed by atoms with Crippen molar-refractivity contribution in [3.05, 3.63) is 29.7 Å². The number of aryl methyl sites for hydroxylation is 1. The lowest BCUT2D eigenvalue weighted by Crippen LogP contribution is -2.38. The Bertz CT molecular complexity index is 785. The molecule has 0 aliphatic carbocycles. The normalized spacial score (nSPS) is 18.7. The van der Waals surface area contributed by atoms with Crippen LogP contribution in [0.4, 0.5) is 5.69 Å². The van der Waals surface area contributed by atoms with Crippen molar-refractivity contribution in [2.75, 3.05) is 18.4 Å². The van der Waals surface area contributed by atoms with E-state index < -0.39 is 0 Å². The van der Waals surface area contributed by atoms with Gasteiger partial charge in [-0.3, -0.25) is 0 Å². The Morgan fingerprint density at radius 1 is 1.32 bits per heavy atom. The molecule has 6 heteroatoms. The summed E-state index contributed by atoms with van der Waals surface area (Å²) in [6, 6.07) is 2.56. The van der Waals surface area contributed by atoms with E-state index in [1.807, 2.05) is 25.5 Å². The van der Waals surface area contributed by atoms with Gasteiger partial charge in [0.05, 0.1) is 15.6 Å². The van der Waals surface area contributed by atoms with Crippen molar-refractivity contribution >= 4 is 28.1 Å². The Hall–Kier alpha value is -1.92. The molecule has 1 aliphatic heterocycles. The second-order valence-electron chi connectivity index (χ2n) is 5.72. The van der Waals surface area contributed by atoms with E-state index in [1.54, 1.807) is 11.3 Å². The summed E-state index contributed by atoms with van der Waals surface area (Å²) in [7, 11) is 0. The van der Waals surface area contributed by atoms with E-state index in [4.69, 9.17) is 0 Å². The van der Waals surface area contributed by atoms with E-state index in [2.05, 4.69) is 31.7 Å². The Kier molecular flexibility index (Phi) is 3.56. The molecule has 0 radical (unpaired) electrons. The minimum atomic E-state index is 0.460. The predicted molar refractivity (Wildman–Crippen MR) is 91.5 cm³/mol. The molecule has 0 saturated carbocycles. The first-order chi connectivity index (χ1) is 10.8. The first-order valence-corrected chi connectivity index (χ1v) is 8.49. The van der Waals surface area contributed by atoms with Crippen molar-refractivity contribution in [3.8, 4) is 10.4 Å². The topological polar surface area (TPSA) is 65.6 Å². The number of thiazole rings is 1. The highest BCUT2D eigenvalue weighted by molar-refractivity contribution is 7.15. The zero-order chi connectivity index (χ0) is 14.9. The monoisotopic (exact) mass is 313 g/mol. The molecule has 0 bridgehead atoms. The Morgan fingerprint density at radius 2 is 2.27 bits per heavy atom. The minimum Gasteiger partial charge on any atom is -0.380 e. The highest BCUT2D eigenvalue weighted by atomic mass is 32.1. The Labute approximate surface area is 133 Å². The molecule has 1 saturated heterocycles. The van der Waals surface area contributed by atoms with Crippen molar-refractivity contribution in [1.82, 2.24) is 20.3 Å². The number of pyridine rings is 1. The highest BCUT2D eigenvalue weighted by Gasteiger charge is 2.18. The van der Waals surface area contributed by atoms with Gasteiger partial charge < -0.3 is 15.6 Å². The molecule has 0 spiro atoms. The molecule has 3 aromatic rings. The van der Waals surface area contributed by atoms with Crippen molar-refractivity contribution in [2.24, 2.45) is 0 Å². The van der Waals surface area contributed by atoms with Gasteiger partial charge in [0.25, 0.3) is 0 Å². The summed E-state index contributed by atoms with van der Waals surface area (Å²) in [6.45, 7) is 4.17. The molecule has 1 atom stereocenters. The van der Waals surface area contributed by atoms with E-state index >= 15 is 0 Å². The lowest BCUT2D eigenvalue weighted by molar-refractivity contribution is 0.480. The van der Waals surface area contributed by atoms with Crippen LogP contribution in [-0.4, -0.2) is 34.1 Å². The molecule has 1 fully saturated rings. The van der Waals surface area contributed by atoms with Crippen LogP contribution in [0.2, 0.25) is 0 Å². The van der Waals surface area contributed by atoms with Crippen LogP contribution < -0.4 is 10.6 Å². The first kappa shape index (κ1) is 13.7. The van der Waals surface area contributed by atoms with Gasteiger partial charge in [-0.25, -0.2) is 9.97 Å². The van der Waals surface area contributed by atoms with Crippen LogP contribution >= 0.6 is 11.3 Å². The maximum Gasteiger partial charge on any atom is 0.139 e. The number of H-pyrrole nitrogens is 1. The summed E-state index contributed by atoms with van der Waals surface area (Å²) in [5, 5.41) is 9.43. The number of anilines is 1. The number of nitrogens with zero attached hydrogens (tertiary/aromatic N) is 2.